The minimum atomic E-state index is -0.755. The third-order valence-electron chi connectivity index (χ3n) is 1.50. The number of hydrogen-bond acceptors (Lipinski definition) is 5. The number of aryl methyl sites for hydroxylation is 1. The van der Waals surface area contributed by atoms with Gasteiger partial charge in [-0.3, -0.25) is 4.79 Å². The van der Waals surface area contributed by atoms with E-state index >= 15 is 0 Å². The lowest BCUT2D eigenvalue weighted by atomic mass is 10.2. The molecule has 1 rings (SSSR count). The van der Waals surface area contributed by atoms with Crippen LogP contribution in [0.3, 0.4) is 0 Å². The van der Waals surface area contributed by atoms with Gasteiger partial charge in [-0.05, 0) is 20.8 Å². The summed E-state index contributed by atoms with van der Waals surface area (Å²) in [5, 5.41) is 0. The summed E-state index contributed by atoms with van der Waals surface area (Å²) in [5.74, 6) is -0.730. The fourth-order valence-corrected chi connectivity index (χ4v) is 0.997. The second kappa shape index (κ2) is 4.33. The second-order valence-electron chi connectivity index (χ2n) is 4.14. The highest BCUT2D eigenvalue weighted by Crippen LogP contribution is 2.09. The van der Waals surface area contributed by atoms with Gasteiger partial charge in [0.15, 0.2) is 0 Å². The van der Waals surface area contributed by atoms with E-state index in [0.29, 0.717) is 12.2 Å². The van der Waals surface area contributed by atoms with Crippen molar-refractivity contribution in [1.29, 1.82) is 0 Å². The van der Waals surface area contributed by atoms with E-state index in [1.165, 1.54) is 6.26 Å². The summed E-state index contributed by atoms with van der Waals surface area (Å²) in [6, 6.07) is 0. The molecule has 0 saturated heterocycles. The molecule has 0 amide bonds. The molecule has 0 spiro atoms. The van der Waals surface area contributed by atoms with E-state index in [1.807, 2.05) is 0 Å². The summed E-state index contributed by atoms with van der Waals surface area (Å²) in [7, 11) is 0. The Kier molecular flexibility index (Phi) is 3.34. The molecule has 0 bridgehead atoms. The molecule has 5 nitrogen and oxygen atoms in total. The van der Waals surface area contributed by atoms with Crippen LogP contribution in [0.25, 0.3) is 0 Å². The zero-order valence-corrected chi connectivity index (χ0v) is 9.03. The SMILES string of the molecule is CC(C)(C)OC(=O)CCc1coc(=O)o1. The summed E-state index contributed by atoms with van der Waals surface area (Å²) >= 11 is 0. The van der Waals surface area contributed by atoms with Gasteiger partial charge < -0.3 is 13.6 Å². The van der Waals surface area contributed by atoms with E-state index < -0.39 is 11.4 Å². The highest BCUT2D eigenvalue weighted by atomic mass is 16.6. The Hall–Kier alpha value is -1.52. The average Bonchev–Trinajstić information content (AvgIpc) is 2.45. The van der Waals surface area contributed by atoms with Crippen LogP contribution in [0, 0.1) is 0 Å². The first-order chi connectivity index (χ1) is 6.87. The molecule has 15 heavy (non-hydrogen) atoms. The number of carbonyl (C=O) groups is 1. The Labute approximate surface area is 87.0 Å². The van der Waals surface area contributed by atoms with E-state index in [1.54, 1.807) is 20.8 Å². The molecule has 0 atom stereocenters. The van der Waals surface area contributed by atoms with Crippen molar-refractivity contribution >= 4 is 5.97 Å². The number of hydrogen-bond donors (Lipinski definition) is 0. The van der Waals surface area contributed by atoms with Crippen molar-refractivity contribution < 1.29 is 18.4 Å². The Balaban J connectivity index is 2.38. The molecule has 0 aliphatic rings. The quantitative estimate of drug-likeness (QED) is 0.713. The maximum absolute atomic E-state index is 11.3. The van der Waals surface area contributed by atoms with Crippen molar-refractivity contribution in [3.8, 4) is 0 Å². The zero-order chi connectivity index (χ0) is 11.5. The minimum absolute atomic E-state index is 0.166. The summed E-state index contributed by atoms with van der Waals surface area (Å²) in [4.78, 5) is 21.8. The van der Waals surface area contributed by atoms with Crippen LogP contribution in [0.15, 0.2) is 19.9 Å². The number of rotatable bonds is 3. The van der Waals surface area contributed by atoms with E-state index in [4.69, 9.17) is 4.74 Å². The van der Waals surface area contributed by atoms with Crippen LogP contribution in [-0.4, -0.2) is 11.6 Å². The van der Waals surface area contributed by atoms with Crippen molar-refractivity contribution in [2.24, 2.45) is 0 Å². The predicted octanol–water partition coefficient (Wildman–Crippen LogP) is 1.51. The monoisotopic (exact) mass is 214 g/mol. The first kappa shape index (κ1) is 11.6. The molecule has 0 unspecified atom stereocenters. The van der Waals surface area contributed by atoms with Crippen molar-refractivity contribution in [2.45, 2.75) is 39.2 Å². The highest BCUT2D eigenvalue weighted by Gasteiger charge is 2.16. The van der Waals surface area contributed by atoms with Gasteiger partial charge in [0.2, 0.25) is 0 Å². The molecular formula is C10H14O5. The van der Waals surface area contributed by atoms with Gasteiger partial charge in [0, 0.05) is 6.42 Å². The summed E-state index contributed by atoms with van der Waals surface area (Å²) < 4.78 is 14.1. The van der Waals surface area contributed by atoms with Crippen LogP contribution >= 0.6 is 0 Å². The van der Waals surface area contributed by atoms with Gasteiger partial charge >= 0.3 is 11.8 Å². The first-order valence-corrected chi connectivity index (χ1v) is 4.66. The molecule has 0 radical (unpaired) electrons. The lowest BCUT2D eigenvalue weighted by Crippen LogP contribution is -2.23. The Morgan fingerprint density at radius 1 is 1.47 bits per heavy atom. The maximum atomic E-state index is 11.3. The smallest absolute Gasteiger partial charge is 0.460 e. The van der Waals surface area contributed by atoms with Crippen LogP contribution < -0.4 is 5.82 Å². The summed E-state index contributed by atoms with van der Waals surface area (Å²) in [6.45, 7) is 5.38. The van der Waals surface area contributed by atoms with Crippen LogP contribution in [0.5, 0.6) is 0 Å². The van der Waals surface area contributed by atoms with E-state index in [9.17, 15) is 9.59 Å². The van der Waals surface area contributed by atoms with Crippen molar-refractivity contribution in [3.63, 3.8) is 0 Å². The molecule has 84 valence electrons. The van der Waals surface area contributed by atoms with Gasteiger partial charge in [-0.25, -0.2) is 4.79 Å². The molecule has 1 heterocycles. The molecule has 0 aliphatic carbocycles. The van der Waals surface area contributed by atoms with Crippen LogP contribution in [0.4, 0.5) is 0 Å². The predicted molar refractivity (Wildman–Crippen MR) is 51.4 cm³/mol. The third kappa shape index (κ3) is 4.49. The fraction of sp³-hybridized carbons (Fsp3) is 0.600. The first-order valence-electron chi connectivity index (χ1n) is 4.66. The lowest BCUT2D eigenvalue weighted by Gasteiger charge is -2.19. The van der Waals surface area contributed by atoms with Gasteiger partial charge in [0.1, 0.15) is 17.6 Å². The van der Waals surface area contributed by atoms with Crippen molar-refractivity contribution in [3.05, 3.63) is 22.6 Å². The molecule has 5 heteroatoms. The lowest BCUT2D eigenvalue weighted by molar-refractivity contribution is -0.154. The van der Waals surface area contributed by atoms with Gasteiger partial charge in [-0.1, -0.05) is 0 Å². The second-order valence-corrected chi connectivity index (χ2v) is 4.14. The maximum Gasteiger partial charge on any atom is 0.518 e. The normalized spacial score (nSPS) is 11.4. The Bertz CT molecular complexity index is 379. The van der Waals surface area contributed by atoms with E-state index in [-0.39, 0.29) is 12.4 Å². The summed E-state index contributed by atoms with van der Waals surface area (Å²) in [6.07, 6.45) is 1.67. The standard InChI is InChI=1S/C10H14O5/c1-10(2,3)15-8(11)5-4-7-6-13-9(12)14-7/h6H,4-5H2,1-3H3. The van der Waals surface area contributed by atoms with Crippen LogP contribution in [0.1, 0.15) is 33.0 Å². The number of ether oxygens (including phenoxy) is 1. The molecule has 0 N–H and O–H groups in total. The summed E-state index contributed by atoms with van der Waals surface area (Å²) in [5.41, 5.74) is -0.492. The van der Waals surface area contributed by atoms with Crippen molar-refractivity contribution in [2.75, 3.05) is 0 Å². The topological polar surface area (TPSA) is 69.7 Å². The van der Waals surface area contributed by atoms with Gasteiger partial charge in [0.05, 0.1) is 6.42 Å². The molecule has 1 aromatic rings. The highest BCUT2D eigenvalue weighted by molar-refractivity contribution is 5.70. The van der Waals surface area contributed by atoms with Crippen LogP contribution in [0.2, 0.25) is 0 Å². The average molecular weight is 214 g/mol. The zero-order valence-electron chi connectivity index (χ0n) is 9.03. The Morgan fingerprint density at radius 3 is 2.60 bits per heavy atom. The van der Waals surface area contributed by atoms with E-state index in [2.05, 4.69) is 8.83 Å². The Morgan fingerprint density at radius 2 is 2.13 bits per heavy atom. The molecular weight excluding hydrogens is 200 g/mol. The van der Waals surface area contributed by atoms with E-state index in [0.717, 1.165) is 0 Å². The third-order valence-corrected chi connectivity index (χ3v) is 1.50. The molecule has 1 aromatic heterocycles. The number of carbonyl (C=O) groups excluding carboxylic acids is 1. The van der Waals surface area contributed by atoms with Gasteiger partial charge in [0.25, 0.3) is 0 Å². The van der Waals surface area contributed by atoms with Gasteiger partial charge in [-0.2, -0.15) is 0 Å². The minimum Gasteiger partial charge on any atom is -0.460 e. The largest absolute Gasteiger partial charge is 0.518 e. The molecule has 0 aliphatic heterocycles. The molecule has 0 aromatic carbocycles. The molecule has 0 saturated carbocycles. The van der Waals surface area contributed by atoms with Crippen LogP contribution in [-0.2, 0) is 16.0 Å². The molecule has 0 fully saturated rings. The van der Waals surface area contributed by atoms with Crippen molar-refractivity contribution in [1.82, 2.24) is 0 Å². The van der Waals surface area contributed by atoms with Gasteiger partial charge in [-0.15, -0.1) is 0 Å². The number of esters is 1. The fourth-order valence-electron chi connectivity index (χ4n) is 0.997.